The molecule has 0 fully saturated rings. The van der Waals surface area contributed by atoms with Gasteiger partial charge < -0.3 is 14.1 Å². The Kier molecular flexibility index (Phi) is 5.83. The van der Waals surface area contributed by atoms with Gasteiger partial charge in [0.1, 0.15) is 5.76 Å². The molecule has 0 atom stereocenters. The molecule has 0 unspecified atom stereocenters. The Morgan fingerprint density at radius 3 is 2.93 bits per heavy atom. The van der Waals surface area contributed by atoms with Crippen LogP contribution in [0.3, 0.4) is 0 Å². The third-order valence-electron chi connectivity index (χ3n) is 4.54. The van der Waals surface area contributed by atoms with E-state index in [1.54, 1.807) is 34.6 Å². The maximum absolute atomic E-state index is 12.5. The van der Waals surface area contributed by atoms with Gasteiger partial charge in [-0.15, -0.1) is 23.1 Å². The van der Waals surface area contributed by atoms with Crippen molar-refractivity contribution >= 4 is 35.0 Å². The summed E-state index contributed by atoms with van der Waals surface area (Å²) >= 11 is 3.23. The predicted octanol–water partition coefficient (Wildman–Crippen LogP) is 4.38. The first-order valence-electron chi connectivity index (χ1n) is 8.95. The highest BCUT2D eigenvalue weighted by Gasteiger charge is 2.23. The molecule has 1 aliphatic rings. The summed E-state index contributed by atoms with van der Waals surface area (Å²) in [5.74, 6) is 0.809. The Morgan fingerprint density at radius 1 is 1.18 bits per heavy atom. The van der Waals surface area contributed by atoms with E-state index in [-0.39, 0.29) is 12.5 Å². The zero-order chi connectivity index (χ0) is 19.3. The van der Waals surface area contributed by atoms with Gasteiger partial charge in [0.2, 0.25) is 0 Å². The molecule has 0 bridgehead atoms. The van der Waals surface area contributed by atoms with Crippen LogP contribution in [0.4, 0.5) is 0 Å². The molecule has 7 heteroatoms. The van der Waals surface area contributed by atoms with Crippen molar-refractivity contribution in [1.29, 1.82) is 0 Å². The maximum Gasteiger partial charge on any atom is 0.339 e. The molecule has 144 valence electrons. The third kappa shape index (κ3) is 4.31. The van der Waals surface area contributed by atoms with Crippen LogP contribution >= 0.6 is 23.1 Å². The molecule has 0 radical (unpaired) electrons. The molecule has 4 rings (SSSR count). The summed E-state index contributed by atoms with van der Waals surface area (Å²) in [6, 6.07) is 13.0. The van der Waals surface area contributed by atoms with Crippen LogP contribution in [-0.2, 0) is 28.2 Å². The summed E-state index contributed by atoms with van der Waals surface area (Å²) in [7, 11) is 0. The highest BCUT2D eigenvalue weighted by Crippen LogP contribution is 2.27. The minimum Gasteiger partial charge on any atom is -0.468 e. The van der Waals surface area contributed by atoms with Gasteiger partial charge in [-0.1, -0.05) is 12.1 Å². The summed E-state index contributed by atoms with van der Waals surface area (Å²) in [5, 5.41) is 2.05. The van der Waals surface area contributed by atoms with E-state index in [2.05, 4.69) is 11.4 Å². The topological polar surface area (TPSA) is 59.8 Å². The number of furan rings is 1. The van der Waals surface area contributed by atoms with Crippen molar-refractivity contribution in [2.75, 3.05) is 13.2 Å². The van der Waals surface area contributed by atoms with Gasteiger partial charge in [0.25, 0.3) is 5.91 Å². The number of esters is 1. The summed E-state index contributed by atoms with van der Waals surface area (Å²) < 4.78 is 10.7. The molecule has 0 N–H and O–H groups in total. The zero-order valence-corrected chi connectivity index (χ0v) is 16.8. The second kappa shape index (κ2) is 8.67. The molecule has 3 heterocycles. The molecule has 0 spiro atoms. The van der Waals surface area contributed by atoms with Crippen LogP contribution in [0, 0.1) is 0 Å². The number of benzene rings is 1. The number of fused-ring (bicyclic) bond motifs is 1. The number of hydrogen-bond donors (Lipinski definition) is 0. The Balaban J connectivity index is 1.34. The number of ether oxygens (including phenoxy) is 1. The highest BCUT2D eigenvalue weighted by atomic mass is 32.2. The molecular weight excluding hydrogens is 394 g/mol. The van der Waals surface area contributed by atoms with E-state index in [1.807, 2.05) is 24.3 Å². The first-order valence-corrected chi connectivity index (χ1v) is 10.8. The van der Waals surface area contributed by atoms with Crippen molar-refractivity contribution < 1.29 is 18.7 Å². The van der Waals surface area contributed by atoms with E-state index in [4.69, 9.17) is 9.15 Å². The van der Waals surface area contributed by atoms with Crippen molar-refractivity contribution in [2.24, 2.45) is 0 Å². The first-order chi connectivity index (χ1) is 13.7. The van der Waals surface area contributed by atoms with Crippen LogP contribution < -0.4 is 0 Å². The van der Waals surface area contributed by atoms with Crippen LogP contribution in [0.1, 0.15) is 26.6 Å². The number of hydrogen-bond acceptors (Lipinski definition) is 6. The van der Waals surface area contributed by atoms with Crippen LogP contribution in [0.15, 0.2) is 63.4 Å². The summed E-state index contributed by atoms with van der Waals surface area (Å²) in [6.07, 6.45) is 2.49. The Labute approximate surface area is 171 Å². The van der Waals surface area contributed by atoms with Crippen molar-refractivity contribution in [3.8, 4) is 0 Å². The smallest absolute Gasteiger partial charge is 0.339 e. The Bertz CT molecular complexity index is 964. The lowest BCUT2D eigenvalue weighted by Crippen LogP contribution is -2.38. The number of amides is 1. The van der Waals surface area contributed by atoms with Gasteiger partial charge in [0, 0.05) is 22.9 Å². The van der Waals surface area contributed by atoms with E-state index >= 15 is 0 Å². The Morgan fingerprint density at radius 2 is 2.07 bits per heavy atom. The fraction of sp³-hybridized carbons (Fsp3) is 0.238. The van der Waals surface area contributed by atoms with Crippen molar-refractivity contribution in [3.63, 3.8) is 0 Å². The highest BCUT2D eigenvalue weighted by molar-refractivity contribution is 7.98. The van der Waals surface area contributed by atoms with E-state index in [9.17, 15) is 9.59 Å². The number of thioether (sulfide) groups is 1. The minimum absolute atomic E-state index is 0.161. The maximum atomic E-state index is 12.5. The lowest BCUT2D eigenvalue weighted by atomic mass is 10.1. The molecular formula is C21H19NO4S2. The standard InChI is InChI=1S/C21H19NO4S2/c23-20(22-9-7-18-15(12-22)8-11-27-18)13-26-21(24)17-5-1-2-6-19(17)28-14-16-4-3-10-25-16/h1-6,8,10-11H,7,9,12-14H2. The molecule has 0 aliphatic carbocycles. The SMILES string of the molecule is O=C(OCC(=O)N1CCc2sccc2C1)c1ccccc1SCc1ccco1. The monoisotopic (exact) mass is 413 g/mol. The summed E-state index contributed by atoms with van der Waals surface area (Å²) in [4.78, 5) is 28.9. The first kappa shape index (κ1) is 18.8. The van der Waals surface area contributed by atoms with E-state index in [0.717, 1.165) is 17.1 Å². The molecule has 0 saturated carbocycles. The lowest BCUT2D eigenvalue weighted by Gasteiger charge is -2.26. The zero-order valence-electron chi connectivity index (χ0n) is 15.1. The van der Waals surface area contributed by atoms with Crippen molar-refractivity contribution in [2.45, 2.75) is 23.6 Å². The van der Waals surface area contributed by atoms with Crippen molar-refractivity contribution in [3.05, 3.63) is 75.9 Å². The normalized spacial score (nSPS) is 13.2. The van der Waals surface area contributed by atoms with Gasteiger partial charge in [0.05, 0.1) is 17.6 Å². The summed E-state index contributed by atoms with van der Waals surface area (Å²) in [6.45, 7) is 1.01. The molecule has 5 nitrogen and oxygen atoms in total. The van der Waals surface area contributed by atoms with E-state index in [0.29, 0.717) is 24.4 Å². The van der Waals surface area contributed by atoms with Gasteiger partial charge >= 0.3 is 5.97 Å². The van der Waals surface area contributed by atoms with Crippen LogP contribution in [0.25, 0.3) is 0 Å². The number of rotatable bonds is 6. The molecule has 1 aromatic carbocycles. The van der Waals surface area contributed by atoms with Crippen molar-refractivity contribution in [1.82, 2.24) is 4.90 Å². The quantitative estimate of drug-likeness (QED) is 0.443. The number of nitrogens with zero attached hydrogens (tertiary/aromatic N) is 1. The predicted molar refractivity (Wildman–Crippen MR) is 108 cm³/mol. The molecule has 1 amide bonds. The van der Waals surface area contributed by atoms with Gasteiger partial charge in [-0.2, -0.15) is 0 Å². The number of carbonyl (C=O) groups is 2. The summed E-state index contributed by atoms with van der Waals surface area (Å²) in [5.41, 5.74) is 1.65. The van der Waals surface area contributed by atoms with Gasteiger partial charge in [-0.05, 0) is 47.7 Å². The largest absolute Gasteiger partial charge is 0.468 e. The van der Waals surface area contributed by atoms with Gasteiger partial charge in [-0.3, -0.25) is 4.79 Å². The third-order valence-corrected chi connectivity index (χ3v) is 6.66. The lowest BCUT2D eigenvalue weighted by molar-refractivity contribution is -0.135. The Hall–Kier alpha value is -2.51. The van der Waals surface area contributed by atoms with Crippen LogP contribution in [0.5, 0.6) is 0 Å². The van der Waals surface area contributed by atoms with E-state index < -0.39 is 5.97 Å². The number of thiophene rings is 1. The second-order valence-electron chi connectivity index (χ2n) is 6.37. The molecule has 3 aromatic rings. The minimum atomic E-state index is -0.482. The van der Waals surface area contributed by atoms with Crippen LogP contribution in [0.2, 0.25) is 0 Å². The fourth-order valence-corrected chi connectivity index (χ4v) is 4.90. The molecule has 1 aliphatic heterocycles. The average Bonchev–Trinajstić information content (AvgIpc) is 3.41. The van der Waals surface area contributed by atoms with E-state index in [1.165, 1.54) is 22.2 Å². The molecule has 28 heavy (non-hydrogen) atoms. The van der Waals surface area contributed by atoms with Gasteiger partial charge in [0.15, 0.2) is 6.61 Å². The fourth-order valence-electron chi connectivity index (χ4n) is 3.06. The van der Waals surface area contributed by atoms with Gasteiger partial charge in [-0.25, -0.2) is 4.79 Å². The number of carbonyl (C=O) groups excluding carboxylic acids is 2. The average molecular weight is 414 g/mol. The second-order valence-corrected chi connectivity index (χ2v) is 8.39. The van der Waals surface area contributed by atoms with Crippen LogP contribution in [-0.4, -0.2) is 29.9 Å². The molecule has 2 aromatic heterocycles. The molecule has 0 saturated heterocycles.